The summed E-state index contributed by atoms with van der Waals surface area (Å²) in [4.78, 5) is 11.1. The molecule has 33 heavy (non-hydrogen) atoms. The Morgan fingerprint density at radius 3 is 1.36 bits per heavy atom. The lowest BCUT2D eigenvalue weighted by atomic mass is 10.3. The number of hydrogen-bond acceptors (Lipinski definition) is 9. The average molecular weight is 471 g/mol. The molecule has 0 amide bonds. The fraction of sp³-hybridized carbons (Fsp3) is 0.625. The second-order valence-corrected chi connectivity index (χ2v) is 6.75. The third kappa shape index (κ3) is 19.2. The summed E-state index contributed by atoms with van der Waals surface area (Å²) in [5, 5.41) is 0. The summed E-state index contributed by atoms with van der Waals surface area (Å²) in [6.07, 6.45) is 0. The first-order valence-corrected chi connectivity index (χ1v) is 11.2. The molecule has 0 heterocycles. The van der Waals surface area contributed by atoms with Gasteiger partial charge in [-0.3, -0.25) is 0 Å². The van der Waals surface area contributed by atoms with Crippen molar-refractivity contribution in [1.29, 1.82) is 0 Å². The number of esters is 1. The number of benzene rings is 1. The van der Waals surface area contributed by atoms with E-state index in [2.05, 4.69) is 6.58 Å². The quantitative estimate of drug-likeness (QED) is 0.136. The van der Waals surface area contributed by atoms with Gasteiger partial charge >= 0.3 is 5.97 Å². The van der Waals surface area contributed by atoms with Crippen LogP contribution in [0, 0.1) is 0 Å². The lowest BCUT2D eigenvalue weighted by Gasteiger charge is -2.09. The molecule has 0 N–H and O–H groups in total. The van der Waals surface area contributed by atoms with Gasteiger partial charge in [-0.25, -0.2) is 4.79 Å². The lowest BCUT2D eigenvalue weighted by Crippen LogP contribution is -2.15. The Labute approximate surface area is 196 Å². The molecular formula is C24H38O9. The van der Waals surface area contributed by atoms with E-state index in [1.54, 1.807) is 6.92 Å². The fourth-order valence-electron chi connectivity index (χ4n) is 2.25. The van der Waals surface area contributed by atoms with Crippen molar-refractivity contribution in [2.24, 2.45) is 0 Å². The van der Waals surface area contributed by atoms with Gasteiger partial charge in [0.05, 0.1) is 79.3 Å². The first-order chi connectivity index (χ1) is 16.2. The first kappa shape index (κ1) is 29.0. The fourth-order valence-corrected chi connectivity index (χ4v) is 2.25. The maximum Gasteiger partial charge on any atom is 0.333 e. The third-order valence-electron chi connectivity index (χ3n) is 3.91. The lowest BCUT2D eigenvalue weighted by molar-refractivity contribution is -0.140. The molecule has 0 aliphatic rings. The molecule has 1 rings (SSSR count). The summed E-state index contributed by atoms with van der Waals surface area (Å²) in [7, 11) is 0. The Morgan fingerprint density at radius 2 is 0.970 bits per heavy atom. The molecule has 9 heteroatoms. The van der Waals surface area contributed by atoms with Gasteiger partial charge in [-0.15, -0.1) is 0 Å². The van der Waals surface area contributed by atoms with Crippen LogP contribution in [0.4, 0.5) is 0 Å². The highest BCUT2D eigenvalue weighted by Crippen LogP contribution is 2.07. The summed E-state index contributed by atoms with van der Waals surface area (Å²) >= 11 is 0. The van der Waals surface area contributed by atoms with E-state index in [1.807, 2.05) is 30.3 Å². The Hall–Kier alpha value is -2.01. The van der Waals surface area contributed by atoms with Crippen LogP contribution in [0.1, 0.15) is 6.92 Å². The smallest absolute Gasteiger partial charge is 0.333 e. The third-order valence-corrected chi connectivity index (χ3v) is 3.91. The number of rotatable bonds is 23. The van der Waals surface area contributed by atoms with Gasteiger partial charge < -0.3 is 37.9 Å². The topological polar surface area (TPSA) is 90.9 Å². The summed E-state index contributed by atoms with van der Waals surface area (Å²) in [6, 6.07) is 9.64. The molecular weight excluding hydrogens is 432 g/mol. The van der Waals surface area contributed by atoms with Crippen LogP contribution in [-0.2, 0) is 38.0 Å². The van der Waals surface area contributed by atoms with Crippen molar-refractivity contribution in [2.45, 2.75) is 6.92 Å². The molecule has 0 unspecified atom stereocenters. The molecule has 0 saturated carbocycles. The highest BCUT2D eigenvalue weighted by molar-refractivity contribution is 5.86. The van der Waals surface area contributed by atoms with Gasteiger partial charge in [-0.1, -0.05) is 24.8 Å². The second kappa shape index (κ2) is 21.8. The monoisotopic (exact) mass is 470 g/mol. The van der Waals surface area contributed by atoms with Gasteiger partial charge in [0.2, 0.25) is 0 Å². The molecule has 0 atom stereocenters. The van der Waals surface area contributed by atoms with Crippen molar-refractivity contribution >= 4 is 5.97 Å². The molecule has 1 aromatic rings. The Morgan fingerprint density at radius 1 is 0.606 bits per heavy atom. The van der Waals surface area contributed by atoms with Crippen LogP contribution in [-0.4, -0.2) is 98.5 Å². The zero-order chi connectivity index (χ0) is 23.8. The van der Waals surface area contributed by atoms with Gasteiger partial charge in [0.25, 0.3) is 0 Å². The minimum Gasteiger partial charge on any atom is -0.491 e. The molecule has 0 aliphatic heterocycles. The summed E-state index contributed by atoms with van der Waals surface area (Å²) in [5.41, 5.74) is 0.375. The molecule has 0 aliphatic carbocycles. The molecule has 0 fully saturated rings. The minimum atomic E-state index is -0.408. The van der Waals surface area contributed by atoms with E-state index < -0.39 is 5.97 Å². The summed E-state index contributed by atoms with van der Waals surface area (Å²) < 4.78 is 42.8. The van der Waals surface area contributed by atoms with Crippen LogP contribution in [0.2, 0.25) is 0 Å². The van der Waals surface area contributed by atoms with Crippen LogP contribution in [0.25, 0.3) is 0 Å². The molecule has 0 radical (unpaired) electrons. The summed E-state index contributed by atoms with van der Waals surface area (Å²) in [5.74, 6) is 0.433. The Bertz CT molecular complexity index is 595. The molecule has 0 bridgehead atoms. The zero-order valence-corrected chi connectivity index (χ0v) is 19.7. The van der Waals surface area contributed by atoms with E-state index in [9.17, 15) is 4.79 Å². The van der Waals surface area contributed by atoms with Crippen molar-refractivity contribution < 1.29 is 42.7 Å². The number of ether oxygens (including phenoxy) is 8. The van der Waals surface area contributed by atoms with Gasteiger partial charge in [0, 0.05) is 5.57 Å². The van der Waals surface area contributed by atoms with Crippen LogP contribution in [0.3, 0.4) is 0 Å². The van der Waals surface area contributed by atoms with E-state index in [1.165, 1.54) is 0 Å². The van der Waals surface area contributed by atoms with E-state index in [0.717, 1.165) is 5.75 Å². The first-order valence-electron chi connectivity index (χ1n) is 11.2. The molecule has 0 spiro atoms. The second-order valence-electron chi connectivity index (χ2n) is 6.75. The molecule has 1 aromatic carbocycles. The maximum absolute atomic E-state index is 11.1. The Kier molecular flexibility index (Phi) is 19.2. The van der Waals surface area contributed by atoms with E-state index in [0.29, 0.717) is 91.5 Å². The van der Waals surface area contributed by atoms with Crippen LogP contribution < -0.4 is 4.74 Å². The van der Waals surface area contributed by atoms with Crippen molar-refractivity contribution in [3.8, 4) is 5.75 Å². The molecule has 0 aromatic heterocycles. The number of hydrogen-bond donors (Lipinski definition) is 0. The van der Waals surface area contributed by atoms with Crippen molar-refractivity contribution in [2.75, 3.05) is 92.5 Å². The number of carbonyl (C=O) groups excluding carboxylic acids is 1. The largest absolute Gasteiger partial charge is 0.491 e. The van der Waals surface area contributed by atoms with Crippen LogP contribution in [0.15, 0.2) is 42.5 Å². The van der Waals surface area contributed by atoms with E-state index in [4.69, 9.17) is 37.9 Å². The highest BCUT2D eigenvalue weighted by Gasteiger charge is 2.01. The maximum atomic E-state index is 11.1. The zero-order valence-electron chi connectivity index (χ0n) is 19.7. The normalized spacial score (nSPS) is 10.8. The van der Waals surface area contributed by atoms with Gasteiger partial charge in [0.15, 0.2) is 0 Å². The standard InChI is InChI=1S/C24H38O9/c1-22(2)24(25)33-21-19-31-17-15-29-13-11-27-9-8-26-10-12-28-14-16-30-18-20-32-23-6-4-3-5-7-23/h3-7H,1,8-21H2,2H3. The van der Waals surface area contributed by atoms with Crippen LogP contribution >= 0.6 is 0 Å². The van der Waals surface area contributed by atoms with Crippen molar-refractivity contribution in [3.05, 3.63) is 42.5 Å². The molecule has 9 nitrogen and oxygen atoms in total. The number of carbonyl (C=O) groups is 1. The Balaban J connectivity index is 1.67. The number of para-hydroxylation sites is 1. The van der Waals surface area contributed by atoms with Gasteiger partial charge in [0.1, 0.15) is 19.0 Å². The van der Waals surface area contributed by atoms with Gasteiger partial charge in [-0.05, 0) is 19.1 Å². The SMILES string of the molecule is C=C(C)C(=O)OCCOCCOCCOCCOCCOCCOCCOc1ccccc1. The predicted octanol–water partition coefficient (Wildman–Crippen LogP) is 2.28. The van der Waals surface area contributed by atoms with E-state index >= 15 is 0 Å². The van der Waals surface area contributed by atoms with Gasteiger partial charge in [-0.2, -0.15) is 0 Å². The summed E-state index contributed by atoms with van der Waals surface area (Å²) in [6.45, 7) is 11.6. The molecule has 188 valence electrons. The highest BCUT2D eigenvalue weighted by atomic mass is 16.6. The predicted molar refractivity (Wildman–Crippen MR) is 123 cm³/mol. The van der Waals surface area contributed by atoms with Crippen LogP contribution in [0.5, 0.6) is 5.75 Å². The minimum absolute atomic E-state index is 0.207. The van der Waals surface area contributed by atoms with E-state index in [-0.39, 0.29) is 6.61 Å². The average Bonchev–Trinajstić information content (AvgIpc) is 2.82. The van der Waals surface area contributed by atoms with Crippen molar-refractivity contribution in [1.82, 2.24) is 0 Å². The molecule has 0 saturated heterocycles. The van der Waals surface area contributed by atoms with Crippen molar-refractivity contribution in [3.63, 3.8) is 0 Å².